The van der Waals surface area contributed by atoms with E-state index in [9.17, 15) is 0 Å². The Hall–Kier alpha value is -1.06. The van der Waals surface area contributed by atoms with Gasteiger partial charge in [-0.3, -0.25) is 0 Å². The Morgan fingerprint density at radius 1 is 1.29 bits per heavy atom. The van der Waals surface area contributed by atoms with Gasteiger partial charge in [-0.15, -0.1) is 0 Å². The first kappa shape index (κ1) is 11.0. The molecule has 3 heteroatoms. The lowest BCUT2D eigenvalue weighted by Crippen LogP contribution is -2.27. The van der Waals surface area contributed by atoms with E-state index in [-0.39, 0.29) is 6.04 Å². The highest BCUT2D eigenvalue weighted by Crippen LogP contribution is 2.08. The van der Waals surface area contributed by atoms with Gasteiger partial charge in [-0.05, 0) is 24.1 Å². The molecule has 1 aromatic carbocycles. The van der Waals surface area contributed by atoms with Crippen LogP contribution in [0.4, 0.5) is 5.69 Å². The van der Waals surface area contributed by atoms with Crippen LogP contribution in [0.2, 0.25) is 0 Å². The number of anilines is 1. The van der Waals surface area contributed by atoms with Crippen LogP contribution in [0, 0.1) is 0 Å². The maximum absolute atomic E-state index is 5.79. The zero-order chi connectivity index (χ0) is 10.4. The van der Waals surface area contributed by atoms with Crippen molar-refractivity contribution in [2.45, 2.75) is 25.9 Å². The fourth-order valence-corrected chi connectivity index (χ4v) is 1.15. The summed E-state index contributed by atoms with van der Waals surface area (Å²) in [6.07, 6.45) is 0.994. The van der Waals surface area contributed by atoms with Crippen molar-refractivity contribution in [1.29, 1.82) is 0 Å². The summed E-state index contributed by atoms with van der Waals surface area (Å²) < 4.78 is 0. The molecule has 0 bridgehead atoms. The summed E-state index contributed by atoms with van der Waals surface area (Å²) in [5, 5.41) is 3.28. The van der Waals surface area contributed by atoms with E-state index in [0.717, 1.165) is 24.2 Å². The van der Waals surface area contributed by atoms with E-state index in [1.807, 2.05) is 24.3 Å². The zero-order valence-electron chi connectivity index (χ0n) is 8.66. The van der Waals surface area contributed by atoms with Crippen molar-refractivity contribution < 1.29 is 0 Å². The van der Waals surface area contributed by atoms with Gasteiger partial charge in [0.05, 0.1) is 0 Å². The van der Waals surface area contributed by atoms with Crippen molar-refractivity contribution in [2.75, 3.05) is 11.9 Å². The zero-order valence-corrected chi connectivity index (χ0v) is 8.66. The summed E-state index contributed by atoms with van der Waals surface area (Å²) in [7, 11) is 0. The fraction of sp³-hybridized carbons (Fsp3) is 0.455. The van der Waals surface area contributed by atoms with E-state index < -0.39 is 0 Å². The van der Waals surface area contributed by atoms with E-state index in [0.29, 0.717) is 6.54 Å². The molecule has 0 aliphatic rings. The molecule has 0 amide bonds. The Balaban J connectivity index is 2.43. The molecule has 0 saturated heterocycles. The first-order valence-electron chi connectivity index (χ1n) is 5.04. The van der Waals surface area contributed by atoms with Gasteiger partial charge in [-0.25, -0.2) is 0 Å². The largest absolute Gasteiger partial charge is 0.383 e. The molecule has 1 rings (SSSR count). The Labute approximate surface area is 85.5 Å². The molecule has 78 valence electrons. The van der Waals surface area contributed by atoms with E-state index in [4.69, 9.17) is 11.5 Å². The Morgan fingerprint density at radius 2 is 1.93 bits per heavy atom. The minimum Gasteiger partial charge on any atom is -0.383 e. The van der Waals surface area contributed by atoms with Gasteiger partial charge in [0.2, 0.25) is 0 Å². The number of rotatable bonds is 5. The molecule has 1 unspecified atom stereocenters. The van der Waals surface area contributed by atoms with Crippen LogP contribution in [0.15, 0.2) is 24.3 Å². The van der Waals surface area contributed by atoms with Gasteiger partial charge in [0.15, 0.2) is 0 Å². The summed E-state index contributed by atoms with van der Waals surface area (Å²) in [6, 6.07) is 8.35. The van der Waals surface area contributed by atoms with Crippen molar-refractivity contribution in [3.8, 4) is 0 Å². The number of nitrogens with two attached hydrogens (primary N) is 2. The molecule has 3 nitrogen and oxygen atoms in total. The molecular weight excluding hydrogens is 174 g/mol. The molecule has 0 radical (unpaired) electrons. The van der Waals surface area contributed by atoms with Crippen LogP contribution >= 0.6 is 0 Å². The van der Waals surface area contributed by atoms with Crippen LogP contribution in [-0.4, -0.2) is 12.6 Å². The standard InChI is InChI=1S/C11H19N3/c1-2-10(13)8-14-11-5-3-9(7-12)4-6-11/h3-6,10,14H,2,7-8,12-13H2,1H3. The third-order valence-corrected chi connectivity index (χ3v) is 2.28. The quantitative estimate of drug-likeness (QED) is 0.660. The molecule has 0 heterocycles. The van der Waals surface area contributed by atoms with Crippen LogP contribution in [0.3, 0.4) is 0 Å². The third-order valence-electron chi connectivity index (χ3n) is 2.28. The molecule has 0 aromatic heterocycles. The molecule has 1 aromatic rings. The molecule has 0 aliphatic carbocycles. The van der Waals surface area contributed by atoms with Gasteiger partial charge < -0.3 is 16.8 Å². The molecule has 0 fully saturated rings. The summed E-state index contributed by atoms with van der Waals surface area (Å²) in [5.41, 5.74) is 13.5. The normalized spacial score (nSPS) is 12.5. The molecule has 0 spiro atoms. The molecule has 0 aliphatic heterocycles. The van der Waals surface area contributed by atoms with Gasteiger partial charge in [0, 0.05) is 24.8 Å². The minimum atomic E-state index is 0.226. The van der Waals surface area contributed by atoms with Crippen LogP contribution in [0.25, 0.3) is 0 Å². The van der Waals surface area contributed by atoms with Crippen molar-refractivity contribution in [1.82, 2.24) is 0 Å². The second-order valence-electron chi connectivity index (χ2n) is 3.45. The summed E-state index contributed by atoms with van der Waals surface area (Å²) >= 11 is 0. The van der Waals surface area contributed by atoms with Crippen LogP contribution < -0.4 is 16.8 Å². The number of benzene rings is 1. The number of nitrogens with one attached hydrogen (secondary N) is 1. The predicted molar refractivity (Wildman–Crippen MR) is 61.1 cm³/mol. The first-order valence-corrected chi connectivity index (χ1v) is 5.04. The van der Waals surface area contributed by atoms with Crippen molar-refractivity contribution in [3.05, 3.63) is 29.8 Å². The maximum Gasteiger partial charge on any atom is 0.0340 e. The molecule has 0 saturated carbocycles. The van der Waals surface area contributed by atoms with Gasteiger partial charge >= 0.3 is 0 Å². The Kier molecular flexibility index (Phi) is 4.43. The highest BCUT2D eigenvalue weighted by atomic mass is 14.9. The van der Waals surface area contributed by atoms with E-state index in [1.165, 1.54) is 0 Å². The smallest absolute Gasteiger partial charge is 0.0340 e. The average Bonchev–Trinajstić information content (AvgIpc) is 2.26. The van der Waals surface area contributed by atoms with Gasteiger partial charge in [-0.1, -0.05) is 19.1 Å². The summed E-state index contributed by atoms with van der Waals surface area (Å²) in [6.45, 7) is 3.50. The Bertz CT molecular complexity index is 256. The minimum absolute atomic E-state index is 0.226. The van der Waals surface area contributed by atoms with Crippen LogP contribution in [0.1, 0.15) is 18.9 Å². The Morgan fingerprint density at radius 3 is 2.43 bits per heavy atom. The molecule has 5 N–H and O–H groups in total. The maximum atomic E-state index is 5.79. The highest BCUT2D eigenvalue weighted by Gasteiger charge is 1.98. The van der Waals surface area contributed by atoms with Crippen molar-refractivity contribution in [3.63, 3.8) is 0 Å². The molecule has 1 atom stereocenters. The van der Waals surface area contributed by atoms with Crippen LogP contribution in [-0.2, 0) is 6.54 Å². The van der Waals surface area contributed by atoms with Crippen LogP contribution in [0.5, 0.6) is 0 Å². The topological polar surface area (TPSA) is 64.1 Å². The van der Waals surface area contributed by atoms with Crippen molar-refractivity contribution in [2.24, 2.45) is 11.5 Å². The predicted octanol–water partition coefficient (Wildman–Crippen LogP) is 1.29. The third kappa shape index (κ3) is 3.36. The second kappa shape index (κ2) is 5.62. The lowest BCUT2D eigenvalue weighted by atomic mass is 10.2. The summed E-state index contributed by atoms with van der Waals surface area (Å²) in [4.78, 5) is 0. The van der Waals surface area contributed by atoms with E-state index in [1.54, 1.807) is 0 Å². The second-order valence-corrected chi connectivity index (χ2v) is 3.45. The number of hydrogen-bond acceptors (Lipinski definition) is 3. The fourth-order valence-electron chi connectivity index (χ4n) is 1.15. The molecule has 14 heavy (non-hydrogen) atoms. The average molecular weight is 193 g/mol. The lowest BCUT2D eigenvalue weighted by Gasteiger charge is -2.11. The van der Waals surface area contributed by atoms with Gasteiger partial charge in [0.25, 0.3) is 0 Å². The highest BCUT2D eigenvalue weighted by molar-refractivity contribution is 5.44. The first-order chi connectivity index (χ1) is 6.76. The number of hydrogen-bond donors (Lipinski definition) is 3. The SMILES string of the molecule is CCC(N)CNc1ccc(CN)cc1. The van der Waals surface area contributed by atoms with Gasteiger partial charge in [0.1, 0.15) is 0 Å². The summed E-state index contributed by atoms with van der Waals surface area (Å²) in [5.74, 6) is 0. The van der Waals surface area contributed by atoms with E-state index in [2.05, 4.69) is 12.2 Å². The van der Waals surface area contributed by atoms with Gasteiger partial charge in [-0.2, -0.15) is 0 Å². The molecular formula is C11H19N3. The lowest BCUT2D eigenvalue weighted by molar-refractivity contribution is 0.679. The van der Waals surface area contributed by atoms with E-state index >= 15 is 0 Å². The monoisotopic (exact) mass is 193 g/mol. The van der Waals surface area contributed by atoms with Crippen molar-refractivity contribution >= 4 is 5.69 Å².